The fourth-order valence-electron chi connectivity index (χ4n) is 1.67. The zero-order chi connectivity index (χ0) is 13.7. The summed E-state index contributed by atoms with van der Waals surface area (Å²) >= 11 is 1.61. The van der Waals surface area contributed by atoms with Gasteiger partial charge in [0.15, 0.2) is 5.65 Å². The molecule has 2 heterocycles. The van der Waals surface area contributed by atoms with Gasteiger partial charge in [0.05, 0.1) is 18.2 Å². The van der Waals surface area contributed by atoms with Gasteiger partial charge in [-0.3, -0.25) is 9.48 Å². The van der Waals surface area contributed by atoms with Crippen LogP contribution in [0.15, 0.2) is 17.6 Å². The molecule has 0 bridgehead atoms. The summed E-state index contributed by atoms with van der Waals surface area (Å²) in [5.74, 6) is 0.678. The highest BCUT2D eigenvalue weighted by Crippen LogP contribution is 2.24. The molecule has 2 aromatic rings. The summed E-state index contributed by atoms with van der Waals surface area (Å²) in [7, 11) is 1.85. The molecule has 0 radical (unpaired) electrons. The zero-order valence-corrected chi connectivity index (χ0v) is 11.8. The third-order valence-electron chi connectivity index (χ3n) is 2.56. The number of aromatic nitrogens is 4. The van der Waals surface area contributed by atoms with Crippen LogP contribution >= 0.6 is 11.8 Å². The maximum atomic E-state index is 11.2. The fraction of sp³-hybridized carbons (Fsp3) is 0.500. The third-order valence-corrected chi connectivity index (χ3v) is 3.65. The van der Waals surface area contributed by atoms with Crippen LogP contribution in [0.1, 0.15) is 19.8 Å². The number of ether oxygens (including phenoxy) is 1. The Labute approximate surface area is 115 Å². The van der Waals surface area contributed by atoms with E-state index in [4.69, 9.17) is 4.74 Å². The first-order chi connectivity index (χ1) is 9.22. The number of rotatable bonds is 6. The molecular formula is C12H16N4O2S. The number of fused-ring (bicyclic) bond motifs is 1. The molecule has 19 heavy (non-hydrogen) atoms. The van der Waals surface area contributed by atoms with Crippen LogP contribution in [-0.4, -0.2) is 38.1 Å². The highest BCUT2D eigenvalue weighted by atomic mass is 32.2. The monoisotopic (exact) mass is 280 g/mol. The molecule has 2 aromatic heterocycles. The van der Waals surface area contributed by atoms with E-state index in [1.165, 1.54) is 6.33 Å². The van der Waals surface area contributed by atoms with E-state index in [9.17, 15) is 4.79 Å². The maximum absolute atomic E-state index is 11.2. The molecule has 7 heteroatoms. The topological polar surface area (TPSA) is 69.9 Å². The second kappa shape index (κ2) is 6.51. The second-order valence-corrected chi connectivity index (χ2v) is 5.02. The Balaban J connectivity index is 1.90. The van der Waals surface area contributed by atoms with E-state index >= 15 is 0 Å². The molecule has 6 nitrogen and oxygen atoms in total. The van der Waals surface area contributed by atoms with Crippen molar-refractivity contribution in [3.8, 4) is 0 Å². The predicted molar refractivity (Wildman–Crippen MR) is 72.9 cm³/mol. The van der Waals surface area contributed by atoms with E-state index in [0.29, 0.717) is 13.0 Å². The minimum absolute atomic E-state index is 0.141. The SMILES string of the molecule is CCOC(=O)CCCSc1ncnc2c1cnn2C. The number of carbonyl (C=O) groups excluding carboxylic acids is 1. The fourth-order valence-corrected chi connectivity index (χ4v) is 2.58. The van der Waals surface area contributed by atoms with Crippen LogP contribution in [0.2, 0.25) is 0 Å². The number of carbonyl (C=O) groups is 1. The van der Waals surface area contributed by atoms with Gasteiger partial charge in [-0.2, -0.15) is 5.10 Å². The Morgan fingerprint density at radius 3 is 3.11 bits per heavy atom. The molecule has 0 saturated heterocycles. The lowest BCUT2D eigenvalue weighted by atomic mass is 10.3. The molecule has 0 fully saturated rings. The third kappa shape index (κ3) is 3.44. The Morgan fingerprint density at radius 2 is 2.32 bits per heavy atom. The molecule has 0 aliphatic carbocycles. The van der Waals surface area contributed by atoms with Gasteiger partial charge in [0.25, 0.3) is 0 Å². The summed E-state index contributed by atoms with van der Waals surface area (Å²) < 4.78 is 6.60. The molecule has 0 spiro atoms. The van der Waals surface area contributed by atoms with Crippen LogP contribution in [0.5, 0.6) is 0 Å². The Morgan fingerprint density at radius 1 is 1.47 bits per heavy atom. The van der Waals surface area contributed by atoms with E-state index in [0.717, 1.165) is 28.2 Å². The van der Waals surface area contributed by atoms with Gasteiger partial charge in [0.1, 0.15) is 11.4 Å². The smallest absolute Gasteiger partial charge is 0.305 e. The van der Waals surface area contributed by atoms with Crippen molar-refractivity contribution >= 4 is 28.8 Å². The van der Waals surface area contributed by atoms with Gasteiger partial charge in [-0.05, 0) is 13.3 Å². The molecule has 0 amide bonds. The minimum Gasteiger partial charge on any atom is -0.466 e. The van der Waals surface area contributed by atoms with Crippen LogP contribution in [0.25, 0.3) is 11.0 Å². The lowest BCUT2D eigenvalue weighted by Gasteiger charge is -2.02. The van der Waals surface area contributed by atoms with Crippen LogP contribution < -0.4 is 0 Å². The van der Waals surface area contributed by atoms with Gasteiger partial charge >= 0.3 is 5.97 Å². The predicted octanol–water partition coefficient (Wildman–Crippen LogP) is 1.80. The Bertz CT molecular complexity index is 570. The quantitative estimate of drug-likeness (QED) is 0.348. The number of nitrogens with zero attached hydrogens (tertiary/aromatic N) is 4. The highest BCUT2D eigenvalue weighted by molar-refractivity contribution is 7.99. The highest BCUT2D eigenvalue weighted by Gasteiger charge is 2.08. The normalized spacial score (nSPS) is 10.8. The van der Waals surface area contributed by atoms with E-state index in [-0.39, 0.29) is 5.97 Å². The van der Waals surface area contributed by atoms with Crippen molar-refractivity contribution in [2.45, 2.75) is 24.8 Å². The van der Waals surface area contributed by atoms with Crippen LogP contribution in [0.3, 0.4) is 0 Å². The van der Waals surface area contributed by atoms with E-state index in [1.807, 2.05) is 14.0 Å². The number of esters is 1. The molecule has 2 rings (SSSR count). The first kappa shape index (κ1) is 13.8. The van der Waals surface area contributed by atoms with Crippen molar-refractivity contribution in [1.82, 2.24) is 19.7 Å². The summed E-state index contributed by atoms with van der Waals surface area (Å²) in [4.78, 5) is 19.6. The number of hydrogen-bond acceptors (Lipinski definition) is 6. The summed E-state index contributed by atoms with van der Waals surface area (Å²) in [6, 6.07) is 0. The van der Waals surface area contributed by atoms with Gasteiger partial charge in [0, 0.05) is 19.2 Å². The van der Waals surface area contributed by atoms with Crippen molar-refractivity contribution in [3.05, 3.63) is 12.5 Å². The molecule has 0 aliphatic heterocycles. The van der Waals surface area contributed by atoms with E-state index in [1.54, 1.807) is 22.6 Å². The van der Waals surface area contributed by atoms with Gasteiger partial charge in [0.2, 0.25) is 0 Å². The first-order valence-electron chi connectivity index (χ1n) is 6.13. The minimum atomic E-state index is -0.141. The standard InChI is InChI=1S/C12H16N4O2S/c1-3-18-10(17)5-4-6-19-12-9-7-15-16(2)11(9)13-8-14-12/h7-8H,3-6H2,1-2H3. The number of aryl methyl sites for hydroxylation is 1. The van der Waals surface area contributed by atoms with Crippen LogP contribution in [0, 0.1) is 0 Å². The molecule has 0 N–H and O–H groups in total. The van der Waals surface area contributed by atoms with Gasteiger partial charge < -0.3 is 4.74 Å². The first-order valence-corrected chi connectivity index (χ1v) is 7.12. The lowest BCUT2D eigenvalue weighted by molar-refractivity contribution is -0.143. The summed E-state index contributed by atoms with van der Waals surface area (Å²) in [6.45, 7) is 2.25. The molecular weight excluding hydrogens is 264 g/mol. The molecule has 0 saturated carbocycles. The molecule has 0 aromatic carbocycles. The van der Waals surface area contributed by atoms with Gasteiger partial charge in [-0.25, -0.2) is 9.97 Å². The average molecular weight is 280 g/mol. The maximum Gasteiger partial charge on any atom is 0.305 e. The molecule has 0 aliphatic rings. The van der Waals surface area contributed by atoms with Gasteiger partial charge in [-0.1, -0.05) is 0 Å². The Kier molecular flexibility index (Phi) is 4.73. The Hall–Kier alpha value is -1.63. The van der Waals surface area contributed by atoms with Gasteiger partial charge in [-0.15, -0.1) is 11.8 Å². The number of hydrogen-bond donors (Lipinski definition) is 0. The van der Waals surface area contributed by atoms with E-state index in [2.05, 4.69) is 15.1 Å². The number of thioether (sulfide) groups is 1. The van der Waals surface area contributed by atoms with E-state index < -0.39 is 0 Å². The summed E-state index contributed by atoms with van der Waals surface area (Å²) in [5, 5.41) is 6.02. The van der Waals surface area contributed by atoms with Crippen molar-refractivity contribution in [1.29, 1.82) is 0 Å². The second-order valence-electron chi connectivity index (χ2n) is 3.94. The largest absolute Gasteiger partial charge is 0.466 e. The molecule has 0 unspecified atom stereocenters. The molecule has 102 valence electrons. The van der Waals surface area contributed by atoms with Crippen molar-refractivity contribution in [2.75, 3.05) is 12.4 Å². The summed E-state index contributed by atoms with van der Waals surface area (Å²) in [5.41, 5.74) is 0.822. The average Bonchev–Trinajstić information content (AvgIpc) is 2.78. The van der Waals surface area contributed by atoms with Crippen molar-refractivity contribution < 1.29 is 9.53 Å². The van der Waals surface area contributed by atoms with Crippen molar-refractivity contribution in [2.24, 2.45) is 7.05 Å². The lowest BCUT2D eigenvalue weighted by Crippen LogP contribution is -2.03. The van der Waals surface area contributed by atoms with Crippen LogP contribution in [-0.2, 0) is 16.6 Å². The van der Waals surface area contributed by atoms with Crippen molar-refractivity contribution in [3.63, 3.8) is 0 Å². The molecule has 0 atom stereocenters. The van der Waals surface area contributed by atoms with Crippen LogP contribution in [0.4, 0.5) is 0 Å². The zero-order valence-electron chi connectivity index (χ0n) is 11.0. The summed E-state index contributed by atoms with van der Waals surface area (Å²) in [6.07, 6.45) is 4.53.